The van der Waals surface area contributed by atoms with Gasteiger partial charge in [-0.15, -0.1) is 11.8 Å². The molecule has 2 aliphatic carbocycles. The van der Waals surface area contributed by atoms with Crippen LogP contribution in [0.1, 0.15) is 45.6 Å². The van der Waals surface area contributed by atoms with E-state index in [0.29, 0.717) is 34.1 Å². The first-order valence-electron chi connectivity index (χ1n) is 16.5. The van der Waals surface area contributed by atoms with Crippen molar-refractivity contribution in [2.45, 2.75) is 36.5 Å². The smallest absolute Gasteiger partial charge is 0.338 e. The van der Waals surface area contributed by atoms with Crippen LogP contribution < -0.4 is 19.8 Å². The van der Waals surface area contributed by atoms with Gasteiger partial charge in [-0.1, -0.05) is 41.1 Å². The SMILES string of the molecule is CCOC(=O)c1ccc(N2C(=O)C3C(C2=O)[C@@H]2C[C@H]3C3Sc4[nH]c(=O)sc4[C@H](c4cc(Cl)ccc4OCC(=O)Nc4ccccc4C)C32)cc1. The minimum Gasteiger partial charge on any atom is -0.483 e. The second-order valence-corrected chi connectivity index (χ2v) is 15.7. The molecule has 2 N–H and O–H groups in total. The zero-order valence-corrected chi connectivity index (χ0v) is 29.4. The molecule has 256 valence electrons. The summed E-state index contributed by atoms with van der Waals surface area (Å²) in [6.45, 7) is 3.63. The lowest BCUT2D eigenvalue weighted by atomic mass is 9.68. The maximum Gasteiger partial charge on any atom is 0.338 e. The first kappa shape index (κ1) is 32.8. The number of carbonyl (C=O) groups excluding carboxylic acids is 4. The third kappa shape index (κ3) is 5.35. The van der Waals surface area contributed by atoms with Crippen molar-refractivity contribution in [1.82, 2.24) is 4.98 Å². The zero-order chi connectivity index (χ0) is 34.8. The number of hydrogen-bond donors (Lipinski definition) is 2. The van der Waals surface area contributed by atoms with Crippen LogP contribution in [0.15, 0.2) is 76.6 Å². The fourth-order valence-corrected chi connectivity index (χ4v) is 11.6. The van der Waals surface area contributed by atoms with E-state index in [4.69, 9.17) is 21.1 Å². The Morgan fingerprint density at radius 3 is 2.48 bits per heavy atom. The number of rotatable bonds is 8. The second-order valence-electron chi connectivity index (χ2n) is 13.1. The third-order valence-electron chi connectivity index (χ3n) is 10.4. The normalized spacial score (nSPS) is 26.0. The molecule has 3 heterocycles. The van der Waals surface area contributed by atoms with Gasteiger partial charge >= 0.3 is 10.8 Å². The van der Waals surface area contributed by atoms with E-state index < -0.39 is 17.8 Å². The maximum absolute atomic E-state index is 14.2. The van der Waals surface area contributed by atoms with Gasteiger partial charge in [0, 0.05) is 32.3 Å². The van der Waals surface area contributed by atoms with E-state index in [2.05, 4.69) is 10.3 Å². The Hall–Kier alpha value is -4.39. The number of esters is 1. The molecule has 3 fully saturated rings. The van der Waals surface area contributed by atoms with E-state index in [0.717, 1.165) is 32.4 Å². The summed E-state index contributed by atoms with van der Waals surface area (Å²) in [5.74, 6) is -2.52. The number of benzene rings is 3. The summed E-state index contributed by atoms with van der Waals surface area (Å²) in [5.41, 5.74) is 3.12. The predicted molar refractivity (Wildman–Crippen MR) is 190 cm³/mol. The monoisotopic (exact) mass is 729 g/mol. The van der Waals surface area contributed by atoms with Crippen molar-refractivity contribution in [1.29, 1.82) is 0 Å². The molecule has 1 saturated heterocycles. The number of thiazole rings is 1. The molecule has 4 aliphatic rings. The number of nitrogens with one attached hydrogen (secondary N) is 2. The van der Waals surface area contributed by atoms with Crippen molar-refractivity contribution >= 4 is 69.8 Å². The summed E-state index contributed by atoms with van der Waals surface area (Å²) in [5, 5.41) is 4.07. The van der Waals surface area contributed by atoms with Crippen LogP contribution in [-0.4, -0.2) is 47.1 Å². The molecule has 0 radical (unpaired) electrons. The minimum absolute atomic E-state index is 0.0527. The lowest BCUT2D eigenvalue weighted by molar-refractivity contribution is -0.123. The van der Waals surface area contributed by atoms with Crippen molar-refractivity contribution in [3.63, 3.8) is 0 Å². The molecule has 13 heteroatoms. The number of aromatic nitrogens is 1. The minimum atomic E-state index is -0.526. The number of carbonyl (C=O) groups is 4. The number of imide groups is 1. The Labute approximate surface area is 300 Å². The fraction of sp³-hybridized carbons (Fsp3) is 0.324. The number of nitrogens with zero attached hydrogens (tertiary/aromatic N) is 1. The van der Waals surface area contributed by atoms with Gasteiger partial charge in [0.1, 0.15) is 5.75 Å². The molecule has 2 saturated carbocycles. The average Bonchev–Trinajstić information content (AvgIpc) is 3.84. The lowest BCUT2D eigenvalue weighted by Crippen LogP contribution is -2.42. The second kappa shape index (κ2) is 12.7. The number of amides is 3. The topological polar surface area (TPSA) is 135 Å². The highest BCUT2D eigenvalue weighted by atomic mass is 35.5. The van der Waals surface area contributed by atoms with Gasteiger partial charge in [-0.3, -0.25) is 24.1 Å². The molecular formula is C37H32ClN3O7S2. The Morgan fingerprint density at radius 2 is 1.74 bits per heavy atom. The van der Waals surface area contributed by atoms with Crippen LogP contribution >= 0.6 is 34.7 Å². The lowest BCUT2D eigenvalue weighted by Gasteiger charge is -2.43. The van der Waals surface area contributed by atoms with E-state index >= 15 is 0 Å². The quantitative estimate of drug-likeness (QED) is 0.160. The molecule has 2 bridgehead atoms. The molecule has 7 atom stereocenters. The van der Waals surface area contributed by atoms with E-state index in [9.17, 15) is 24.0 Å². The summed E-state index contributed by atoms with van der Waals surface area (Å²) >= 11 is 9.32. The van der Waals surface area contributed by atoms with Crippen molar-refractivity contribution in [2.24, 2.45) is 29.6 Å². The Bertz CT molecular complexity index is 2110. The van der Waals surface area contributed by atoms with Crippen LogP contribution in [0.4, 0.5) is 11.4 Å². The van der Waals surface area contributed by atoms with Gasteiger partial charge in [0.15, 0.2) is 6.61 Å². The van der Waals surface area contributed by atoms with Crippen molar-refractivity contribution in [3.05, 3.63) is 103 Å². The molecule has 1 aromatic heterocycles. The van der Waals surface area contributed by atoms with Gasteiger partial charge in [-0.25, -0.2) is 4.79 Å². The van der Waals surface area contributed by atoms with Crippen LogP contribution in [0.3, 0.4) is 0 Å². The van der Waals surface area contributed by atoms with Crippen molar-refractivity contribution in [2.75, 3.05) is 23.4 Å². The van der Waals surface area contributed by atoms with Crippen molar-refractivity contribution in [3.8, 4) is 5.75 Å². The largest absolute Gasteiger partial charge is 0.483 e. The number of para-hydroxylation sites is 1. The summed E-state index contributed by atoms with van der Waals surface area (Å²) in [6.07, 6.45) is 0.704. The van der Waals surface area contributed by atoms with Gasteiger partial charge in [0.05, 0.1) is 34.7 Å². The van der Waals surface area contributed by atoms with Gasteiger partial charge in [0.2, 0.25) is 11.8 Å². The van der Waals surface area contributed by atoms with E-state index in [1.807, 2.05) is 37.3 Å². The van der Waals surface area contributed by atoms with Crippen LogP contribution in [0, 0.1) is 36.5 Å². The highest BCUT2D eigenvalue weighted by Crippen LogP contribution is 2.69. The number of fused-ring (bicyclic) bond motifs is 9. The van der Waals surface area contributed by atoms with Crippen molar-refractivity contribution < 1.29 is 28.7 Å². The number of H-pyrrole nitrogens is 1. The van der Waals surface area contributed by atoms with Gasteiger partial charge in [-0.05, 0) is 92.1 Å². The van der Waals surface area contributed by atoms with Gasteiger partial charge in [0.25, 0.3) is 5.91 Å². The summed E-state index contributed by atoms with van der Waals surface area (Å²) in [4.78, 5) is 71.2. The number of aromatic amines is 1. The van der Waals surface area contributed by atoms with Gasteiger partial charge < -0.3 is 19.8 Å². The van der Waals surface area contributed by atoms with Crippen LogP contribution in [-0.2, 0) is 19.1 Å². The summed E-state index contributed by atoms with van der Waals surface area (Å²) in [6, 6.07) is 19.1. The first-order chi connectivity index (χ1) is 24.1. The van der Waals surface area contributed by atoms with E-state index in [-0.39, 0.29) is 64.7 Å². The molecule has 4 aromatic rings. The Morgan fingerprint density at radius 1 is 1.00 bits per heavy atom. The highest BCUT2D eigenvalue weighted by Gasteiger charge is 2.70. The maximum atomic E-state index is 14.2. The number of aryl methyl sites for hydroxylation is 1. The molecular weight excluding hydrogens is 698 g/mol. The predicted octanol–water partition coefficient (Wildman–Crippen LogP) is 6.27. The Kier molecular flexibility index (Phi) is 8.35. The Balaban J connectivity index is 1.11. The van der Waals surface area contributed by atoms with E-state index in [1.165, 1.54) is 4.90 Å². The molecule has 50 heavy (non-hydrogen) atoms. The summed E-state index contributed by atoms with van der Waals surface area (Å²) < 4.78 is 11.3. The number of ether oxygens (including phenoxy) is 2. The molecule has 10 nitrogen and oxygen atoms in total. The summed E-state index contributed by atoms with van der Waals surface area (Å²) in [7, 11) is 0. The molecule has 8 rings (SSSR count). The zero-order valence-electron chi connectivity index (χ0n) is 27.0. The molecule has 4 unspecified atom stereocenters. The first-order valence-corrected chi connectivity index (χ1v) is 18.5. The number of halogens is 1. The van der Waals surface area contributed by atoms with Crippen LogP contribution in [0.2, 0.25) is 5.02 Å². The highest BCUT2D eigenvalue weighted by molar-refractivity contribution is 8.00. The number of anilines is 2. The van der Waals surface area contributed by atoms with Crippen LogP contribution in [0.25, 0.3) is 0 Å². The third-order valence-corrected chi connectivity index (χ3v) is 13.3. The van der Waals surface area contributed by atoms with E-state index in [1.54, 1.807) is 55.1 Å². The fourth-order valence-electron chi connectivity index (χ4n) is 8.52. The standard InChI is InChI=1S/C37H32ClN3O7S2/c1-3-47-36(45)18-8-11-20(12-9-18)41-34(43)29-22-15-23(30(29)35(41)44)31-28(22)27(32-33(49-31)40-37(46)50-32)21-14-19(38)10-13-25(21)48-16-26(42)39-24-7-5-4-6-17(24)2/h4-14,22-23,27-31H,3,15-16H2,1-2H3,(H,39,42)(H,40,46)/t22-,23-,27-,28?,29?,30?,31?/m1/s1. The number of hydrogen-bond acceptors (Lipinski definition) is 9. The molecule has 2 aliphatic heterocycles. The molecule has 3 amide bonds. The molecule has 0 spiro atoms. The van der Waals surface area contributed by atoms with Gasteiger partial charge in [-0.2, -0.15) is 0 Å². The number of thioether (sulfide) groups is 1. The van der Waals surface area contributed by atoms with Crippen LogP contribution in [0.5, 0.6) is 5.75 Å². The molecule has 3 aromatic carbocycles. The average molecular weight is 730 g/mol.